The maximum Gasteiger partial charge on any atom is 0.338 e. The number of carbonyl (C=O) groups is 1. The molecule has 3 aliphatic heterocycles. The fraction of sp³-hybridized carbons (Fsp3) is 0.522. The van der Waals surface area contributed by atoms with E-state index in [-0.39, 0.29) is 5.97 Å². The average molecular weight is 450 g/mol. The first kappa shape index (κ1) is 20.5. The highest BCUT2D eigenvalue weighted by Gasteiger charge is 2.41. The summed E-state index contributed by atoms with van der Waals surface area (Å²) in [6, 6.07) is 7.56. The van der Waals surface area contributed by atoms with Crippen molar-refractivity contribution in [3.8, 4) is 0 Å². The lowest BCUT2D eigenvalue weighted by molar-refractivity contribution is 0.0534. The van der Waals surface area contributed by atoms with E-state index in [1.165, 1.54) is 4.63 Å². The zero-order valence-electron chi connectivity index (χ0n) is 18.6. The third kappa shape index (κ3) is 3.53. The molecule has 0 radical (unpaired) electrons. The number of nitrogens with zero attached hydrogens (tertiary/aromatic N) is 7. The minimum Gasteiger partial charge on any atom is -0.457 e. The van der Waals surface area contributed by atoms with Gasteiger partial charge in [-0.2, -0.15) is 0 Å². The van der Waals surface area contributed by atoms with E-state index in [2.05, 4.69) is 30.4 Å². The number of anilines is 1. The molecule has 6 rings (SSSR count). The van der Waals surface area contributed by atoms with Crippen molar-refractivity contribution in [3.63, 3.8) is 0 Å². The third-order valence-corrected chi connectivity index (χ3v) is 7.73. The van der Waals surface area contributed by atoms with Crippen molar-refractivity contribution >= 4 is 17.4 Å². The standard InChI is InChI=1S/C23H27N7O3/c1-15-16(2-3-17-18(15)13-33-22(17)32)19(31)12-28-9-6-23(7-10-28)8-11-29(14-23)21-5-4-20-24-26-27-30(20)25-21/h2-5,19,31H,6-14H2,1H3/t19-/m0/s1. The molecule has 0 bridgehead atoms. The monoisotopic (exact) mass is 449 g/mol. The van der Waals surface area contributed by atoms with Gasteiger partial charge in [0, 0.05) is 25.2 Å². The van der Waals surface area contributed by atoms with Gasteiger partial charge in [-0.05, 0) is 84.4 Å². The van der Waals surface area contributed by atoms with Crippen LogP contribution in [0.2, 0.25) is 0 Å². The summed E-state index contributed by atoms with van der Waals surface area (Å²) in [5, 5.41) is 27.0. The molecule has 2 saturated heterocycles. The Balaban J connectivity index is 1.08. The quantitative estimate of drug-likeness (QED) is 0.593. The molecule has 3 aromatic rings. The van der Waals surface area contributed by atoms with Gasteiger partial charge >= 0.3 is 5.97 Å². The Morgan fingerprint density at radius 2 is 1.97 bits per heavy atom. The van der Waals surface area contributed by atoms with Crippen LogP contribution < -0.4 is 4.90 Å². The first-order chi connectivity index (χ1) is 16.0. The molecular formula is C23H27N7O3. The fourth-order valence-corrected chi connectivity index (χ4v) is 5.63. The van der Waals surface area contributed by atoms with Gasteiger partial charge in [0.05, 0.1) is 11.7 Å². The van der Waals surface area contributed by atoms with Gasteiger partial charge in [0.2, 0.25) is 0 Å². The highest BCUT2D eigenvalue weighted by atomic mass is 16.5. The summed E-state index contributed by atoms with van der Waals surface area (Å²) in [6.45, 7) is 6.79. The van der Waals surface area contributed by atoms with E-state index in [1.54, 1.807) is 6.07 Å². The van der Waals surface area contributed by atoms with Gasteiger partial charge in [0.25, 0.3) is 0 Å². The van der Waals surface area contributed by atoms with E-state index in [0.717, 1.165) is 67.9 Å². The van der Waals surface area contributed by atoms with Crippen LogP contribution in [-0.4, -0.2) is 74.0 Å². The van der Waals surface area contributed by atoms with E-state index in [0.29, 0.717) is 29.8 Å². The summed E-state index contributed by atoms with van der Waals surface area (Å²) < 4.78 is 6.63. The Bertz CT molecular complexity index is 1220. The third-order valence-electron chi connectivity index (χ3n) is 7.73. The summed E-state index contributed by atoms with van der Waals surface area (Å²) >= 11 is 0. The van der Waals surface area contributed by atoms with Gasteiger partial charge < -0.3 is 19.6 Å². The lowest BCUT2D eigenvalue weighted by Gasteiger charge is -2.40. The van der Waals surface area contributed by atoms with Crippen LogP contribution in [0.4, 0.5) is 5.82 Å². The maximum atomic E-state index is 11.8. The van der Waals surface area contributed by atoms with Gasteiger partial charge in [-0.3, -0.25) is 0 Å². The van der Waals surface area contributed by atoms with Crippen molar-refractivity contribution in [3.05, 3.63) is 46.5 Å². The van der Waals surface area contributed by atoms with E-state index >= 15 is 0 Å². The van der Waals surface area contributed by atoms with Crippen molar-refractivity contribution < 1.29 is 14.6 Å². The number of esters is 1. The second-order valence-electron chi connectivity index (χ2n) is 9.59. The van der Waals surface area contributed by atoms with Gasteiger partial charge in [-0.1, -0.05) is 6.07 Å². The number of aromatic nitrogens is 5. The molecule has 1 N–H and O–H groups in total. The number of piperidine rings is 1. The second-order valence-corrected chi connectivity index (χ2v) is 9.59. The Labute approximate surface area is 191 Å². The molecule has 0 unspecified atom stereocenters. The molecule has 5 heterocycles. The first-order valence-corrected chi connectivity index (χ1v) is 11.5. The zero-order valence-corrected chi connectivity index (χ0v) is 18.6. The molecule has 1 aromatic carbocycles. The van der Waals surface area contributed by atoms with Crippen molar-refractivity contribution in [1.29, 1.82) is 0 Å². The molecule has 0 amide bonds. The summed E-state index contributed by atoms with van der Waals surface area (Å²) in [7, 11) is 0. The number of aliphatic hydroxyl groups is 1. The summed E-state index contributed by atoms with van der Waals surface area (Å²) in [4.78, 5) is 16.5. The largest absolute Gasteiger partial charge is 0.457 e. The number of aliphatic hydroxyl groups excluding tert-OH is 1. The highest BCUT2D eigenvalue weighted by molar-refractivity contribution is 5.93. The van der Waals surface area contributed by atoms with Crippen LogP contribution in [0.25, 0.3) is 5.65 Å². The van der Waals surface area contributed by atoms with Crippen LogP contribution in [0.1, 0.15) is 52.4 Å². The number of β-amino-alcohol motifs (C(OH)–C–C–N with tert-alkyl or cyclic N) is 1. The smallest absolute Gasteiger partial charge is 0.338 e. The van der Waals surface area contributed by atoms with Gasteiger partial charge in [-0.15, -0.1) is 14.8 Å². The molecule has 33 heavy (non-hydrogen) atoms. The van der Waals surface area contributed by atoms with Crippen LogP contribution in [0.5, 0.6) is 0 Å². The Hall–Kier alpha value is -3.11. The number of cyclic esters (lactones) is 1. The number of likely N-dealkylation sites (tertiary alicyclic amines) is 1. The van der Waals surface area contributed by atoms with Crippen molar-refractivity contribution in [2.45, 2.75) is 38.9 Å². The van der Waals surface area contributed by atoms with Gasteiger partial charge in [0.1, 0.15) is 6.61 Å². The maximum absolute atomic E-state index is 11.8. The van der Waals surface area contributed by atoms with Crippen LogP contribution in [0.3, 0.4) is 0 Å². The number of tetrazole rings is 1. The Morgan fingerprint density at radius 3 is 2.82 bits per heavy atom. The van der Waals surface area contributed by atoms with E-state index in [1.807, 2.05) is 25.1 Å². The molecule has 3 aliphatic rings. The SMILES string of the molecule is Cc1c([C@@H](O)CN2CCC3(CC2)CCN(c2ccc4nnnn4n2)C3)ccc2c1COC2=O. The summed E-state index contributed by atoms with van der Waals surface area (Å²) in [5.74, 6) is 0.647. The number of fused-ring (bicyclic) bond motifs is 2. The summed E-state index contributed by atoms with van der Waals surface area (Å²) in [5.41, 5.74) is 4.34. The fourth-order valence-electron chi connectivity index (χ4n) is 5.63. The lowest BCUT2D eigenvalue weighted by atomic mass is 9.77. The molecule has 0 saturated carbocycles. The molecule has 1 atom stereocenters. The molecular weight excluding hydrogens is 422 g/mol. The van der Waals surface area contributed by atoms with Crippen molar-refractivity contribution in [1.82, 2.24) is 30.2 Å². The van der Waals surface area contributed by atoms with E-state index in [9.17, 15) is 9.90 Å². The Morgan fingerprint density at radius 1 is 1.15 bits per heavy atom. The van der Waals surface area contributed by atoms with E-state index in [4.69, 9.17) is 4.74 Å². The number of hydrogen-bond donors (Lipinski definition) is 1. The summed E-state index contributed by atoms with van der Waals surface area (Å²) in [6.07, 6.45) is 2.78. The molecule has 0 aliphatic carbocycles. The number of benzene rings is 1. The van der Waals surface area contributed by atoms with Gasteiger partial charge in [0.15, 0.2) is 11.5 Å². The predicted octanol–water partition coefficient (Wildman–Crippen LogP) is 1.52. The number of carbonyl (C=O) groups excluding carboxylic acids is 1. The number of rotatable bonds is 4. The molecule has 1 spiro atoms. The van der Waals surface area contributed by atoms with Crippen molar-refractivity contribution in [2.75, 3.05) is 37.6 Å². The van der Waals surface area contributed by atoms with Crippen molar-refractivity contribution in [2.24, 2.45) is 5.41 Å². The first-order valence-electron chi connectivity index (χ1n) is 11.5. The molecule has 2 fully saturated rings. The molecule has 10 nitrogen and oxygen atoms in total. The lowest BCUT2D eigenvalue weighted by Crippen LogP contribution is -2.43. The average Bonchev–Trinajstić information content (AvgIpc) is 3.55. The normalized spacial score (nSPS) is 21.0. The van der Waals surface area contributed by atoms with Crippen LogP contribution in [-0.2, 0) is 11.3 Å². The minimum absolute atomic E-state index is 0.269. The van der Waals surface area contributed by atoms with Gasteiger partial charge in [-0.25, -0.2) is 4.79 Å². The molecule has 172 valence electrons. The minimum atomic E-state index is -0.577. The number of hydrogen-bond acceptors (Lipinski definition) is 9. The number of ether oxygens (including phenoxy) is 1. The molecule has 10 heteroatoms. The van der Waals surface area contributed by atoms with Crippen LogP contribution in [0, 0.1) is 12.3 Å². The Kier molecular flexibility index (Phi) is 4.81. The zero-order chi connectivity index (χ0) is 22.6. The topological polar surface area (TPSA) is 109 Å². The predicted molar refractivity (Wildman–Crippen MR) is 119 cm³/mol. The van der Waals surface area contributed by atoms with E-state index < -0.39 is 6.10 Å². The molecule has 2 aromatic heterocycles. The van der Waals surface area contributed by atoms with Crippen LogP contribution in [0.15, 0.2) is 24.3 Å². The second kappa shape index (κ2) is 7.74. The highest BCUT2D eigenvalue weighted by Crippen LogP contribution is 2.42. The van der Waals surface area contributed by atoms with Crippen LogP contribution >= 0.6 is 0 Å².